The number of esters is 1. The molecule has 1 fully saturated rings. The van der Waals surface area contributed by atoms with Gasteiger partial charge in [0.1, 0.15) is 0 Å². The van der Waals surface area contributed by atoms with E-state index in [9.17, 15) is 4.79 Å². The Balaban J connectivity index is 2.70. The molecule has 1 saturated heterocycles. The fraction of sp³-hybridized carbons (Fsp3) is 0.500. The number of carbonyl (C=O) groups is 1. The van der Waals surface area contributed by atoms with Crippen molar-refractivity contribution in [1.82, 2.24) is 0 Å². The Morgan fingerprint density at radius 1 is 1.53 bits per heavy atom. The molecule has 0 aromatic carbocycles. The van der Waals surface area contributed by atoms with E-state index in [2.05, 4.69) is 9.89 Å². The van der Waals surface area contributed by atoms with E-state index in [1.165, 1.54) is 13.2 Å². The third kappa shape index (κ3) is 3.71. The minimum Gasteiger partial charge on any atom is -0.464 e. The molecule has 0 bridgehead atoms. The Labute approximate surface area is 100 Å². The first-order valence-electron chi connectivity index (χ1n) is 5.49. The van der Waals surface area contributed by atoms with Gasteiger partial charge in [-0.2, -0.15) is 0 Å². The molecule has 17 heavy (non-hydrogen) atoms. The van der Waals surface area contributed by atoms with Crippen LogP contribution in [-0.4, -0.2) is 36.7 Å². The molecule has 1 atom stereocenters. The second-order valence-electron chi connectivity index (χ2n) is 3.60. The Morgan fingerprint density at radius 2 is 2.29 bits per heavy atom. The monoisotopic (exact) mass is 239 g/mol. The number of ether oxygens (including phenoxy) is 2. The quantitative estimate of drug-likeness (QED) is 0.266. The Bertz CT molecular complexity index is 352. The highest BCUT2D eigenvalue weighted by molar-refractivity contribution is 6.41. The van der Waals surface area contributed by atoms with Gasteiger partial charge in [-0.1, -0.05) is 17.3 Å². The Morgan fingerprint density at radius 3 is 2.76 bits per heavy atom. The largest absolute Gasteiger partial charge is 0.464 e. The maximum atomic E-state index is 11.2. The number of oxime groups is 1. The lowest BCUT2D eigenvalue weighted by Gasteiger charge is -2.09. The molecule has 0 saturated carbocycles. The van der Waals surface area contributed by atoms with Gasteiger partial charge >= 0.3 is 5.97 Å². The molecule has 0 aromatic heterocycles. The molecular weight excluding hydrogens is 222 g/mol. The average molecular weight is 239 g/mol. The number of nitrogens with zero attached hydrogens (tertiary/aromatic N) is 1. The van der Waals surface area contributed by atoms with Crippen LogP contribution >= 0.6 is 0 Å². The third-order valence-corrected chi connectivity index (χ3v) is 2.57. The van der Waals surface area contributed by atoms with Crippen molar-refractivity contribution in [3.63, 3.8) is 0 Å². The molecule has 94 valence electrons. The number of rotatable bonds is 4. The molecule has 1 aliphatic heterocycles. The van der Waals surface area contributed by atoms with Crippen molar-refractivity contribution in [2.75, 3.05) is 13.7 Å². The fourth-order valence-electron chi connectivity index (χ4n) is 1.65. The van der Waals surface area contributed by atoms with Crippen molar-refractivity contribution in [3.05, 3.63) is 23.8 Å². The summed E-state index contributed by atoms with van der Waals surface area (Å²) in [4.78, 5) is 11.2. The van der Waals surface area contributed by atoms with Gasteiger partial charge in [-0.25, -0.2) is 4.79 Å². The van der Waals surface area contributed by atoms with E-state index in [0.29, 0.717) is 0 Å². The minimum atomic E-state index is -0.674. The van der Waals surface area contributed by atoms with Crippen molar-refractivity contribution in [1.29, 1.82) is 0 Å². The molecular formula is C12H17NO4. The summed E-state index contributed by atoms with van der Waals surface area (Å²) in [6.07, 6.45) is 7.11. The lowest BCUT2D eigenvalue weighted by Crippen LogP contribution is -2.14. The molecule has 1 aliphatic rings. The van der Waals surface area contributed by atoms with Crippen LogP contribution in [0, 0.1) is 0 Å². The van der Waals surface area contributed by atoms with Crippen molar-refractivity contribution in [2.24, 2.45) is 5.16 Å². The third-order valence-electron chi connectivity index (χ3n) is 2.57. The van der Waals surface area contributed by atoms with Crippen LogP contribution in [0.1, 0.15) is 19.8 Å². The molecule has 1 unspecified atom stereocenters. The summed E-state index contributed by atoms with van der Waals surface area (Å²) in [7, 11) is 1.23. The number of hydrogen-bond acceptors (Lipinski definition) is 5. The molecule has 5 nitrogen and oxygen atoms in total. The summed E-state index contributed by atoms with van der Waals surface area (Å²) in [5.41, 5.74) is 0.831. The molecule has 1 N–H and O–H groups in total. The van der Waals surface area contributed by atoms with Gasteiger partial charge in [-0.3, -0.25) is 0 Å². The second kappa shape index (κ2) is 6.85. The molecule has 0 spiro atoms. The summed E-state index contributed by atoms with van der Waals surface area (Å²) in [5.74, 6) is -0.674. The van der Waals surface area contributed by atoms with E-state index in [1.807, 2.05) is 13.0 Å². The molecule has 1 heterocycles. The van der Waals surface area contributed by atoms with E-state index < -0.39 is 5.97 Å². The van der Waals surface area contributed by atoms with Crippen LogP contribution in [0.5, 0.6) is 0 Å². The van der Waals surface area contributed by atoms with Crippen molar-refractivity contribution in [3.8, 4) is 0 Å². The number of methoxy groups -OCH3 is 1. The first-order valence-corrected chi connectivity index (χ1v) is 5.49. The first kappa shape index (κ1) is 13.4. The van der Waals surface area contributed by atoms with Crippen LogP contribution in [0.3, 0.4) is 0 Å². The average Bonchev–Trinajstić information content (AvgIpc) is 2.87. The van der Waals surface area contributed by atoms with Gasteiger partial charge in [-0.05, 0) is 31.4 Å². The van der Waals surface area contributed by atoms with Crippen LogP contribution in [0.4, 0.5) is 0 Å². The highest BCUT2D eigenvalue weighted by atomic mass is 16.5. The van der Waals surface area contributed by atoms with E-state index in [1.54, 1.807) is 6.08 Å². The van der Waals surface area contributed by atoms with Crippen molar-refractivity contribution >= 4 is 11.7 Å². The van der Waals surface area contributed by atoms with Gasteiger partial charge in [0.25, 0.3) is 0 Å². The van der Waals surface area contributed by atoms with Crippen LogP contribution in [-0.2, 0) is 14.3 Å². The molecule has 0 amide bonds. The standard InChI is InChI=1S/C12H17NO4/c1-3-9(11-5-4-8-17-11)6-7-10(13-15)12(14)16-2/h3,6-7,11,15H,4-5,8H2,1-2H3/b7-6-,9-3+,13-10-. The predicted octanol–water partition coefficient (Wildman–Crippen LogP) is 1.67. The van der Waals surface area contributed by atoms with E-state index in [4.69, 9.17) is 9.94 Å². The lowest BCUT2D eigenvalue weighted by atomic mass is 10.1. The first-order chi connectivity index (χ1) is 8.22. The van der Waals surface area contributed by atoms with E-state index >= 15 is 0 Å². The highest BCUT2D eigenvalue weighted by Crippen LogP contribution is 2.20. The molecule has 0 aliphatic carbocycles. The Hall–Kier alpha value is -1.62. The molecule has 1 rings (SSSR count). The number of allylic oxidation sites excluding steroid dienone is 1. The topological polar surface area (TPSA) is 68.1 Å². The number of carbonyl (C=O) groups excluding carboxylic acids is 1. The van der Waals surface area contributed by atoms with Gasteiger partial charge < -0.3 is 14.7 Å². The summed E-state index contributed by atoms with van der Waals surface area (Å²) < 4.78 is 9.98. The fourth-order valence-corrected chi connectivity index (χ4v) is 1.65. The van der Waals surface area contributed by atoms with Gasteiger partial charge in [0.15, 0.2) is 5.71 Å². The summed E-state index contributed by atoms with van der Waals surface area (Å²) in [6.45, 7) is 2.66. The van der Waals surface area contributed by atoms with E-state index in [0.717, 1.165) is 25.0 Å². The molecule has 5 heteroatoms. The van der Waals surface area contributed by atoms with E-state index in [-0.39, 0.29) is 11.8 Å². The smallest absolute Gasteiger partial charge is 0.360 e. The lowest BCUT2D eigenvalue weighted by molar-refractivity contribution is -0.132. The van der Waals surface area contributed by atoms with Crippen molar-refractivity contribution in [2.45, 2.75) is 25.9 Å². The van der Waals surface area contributed by atoms with Crippen LogP contribution < -0.4 is 0 Å². The zero-order valence-electron chi connectivity index (χ0n) is 10.0. The second-order valence-corrected chi connectivity index (χ2v) is 3.60. The maximum absolute atomic E-state index is 11.2. The van der Waals surface area contributed by atoms with Crippen LogP contribution in [0.25, 0.3) is 0 Å². The number of hydrogen-bond donors (Lipinski definition) is 1. The van der Waals surface area contributed by atoms with Gasteiger partial charge in [0, 0.05) is 6.61 Å². The normalized spacial score (nSPS) is 22.1. The molecule has 0 radical (unpaired) electrons. The molecule has 0 aromatic rings. The van der Waals surface area contributed by atoms with Gasteiger partial charge in [-0.15, -0.1) is 0 Å². The van der Waals surface area contributed by atoms with Crippen molar-refractivity contribution < 1.29 is 19.5 Å². The van der Waals surface area contributed by atoms with Gasteiger partial charge in [0.05, 0.1) is 13.2 Å². The van der Waals surface area contributed by atoms with Gasteiger partial charge in [0.2, 0.25) is 0 Å². The SMILES string of the molecule is C\C=C(/C=C\C(=N\O)C(=O)OC)C1CCCO1. The van der Waals surface area contributed by atoms with Crippen LogP contribution in [0.15, 0.2) is 29.0 Å². The maximum Gasteiger partial charge on any atom is 0.360 e. The predicted molar refractivity (Wildman–Crippen MR) is 63.1 cm³/mol. The Kier molecular flexibility index (Phi) is 5.42. The highest BCUT2D eigenvalue weighted by Gasteiger charge is 2.18. The summed E-state index contributed by atoms with van der Waals surface area (Å²) >= 11 is 0. The summed E-state index contributed by atoms with van der Waals surface area (Å²) in [6, 6.07) is 0. The zero-order valence-corrected chi connectivity index (χ0v) is 10.0. The minimum absolute atomic E-state index is 0.0637. The van der Waals surface area contributed by atoms with Crippen LogP contribution in [0.2, 0.25) is 0 Å². The summed E-state index contributed by atoms with van der Waals surface area (Å²) in [5, 5.41) is 11.5. The zero-order chi connectivity index (χ0) is 12.7.